The number of hydrogen-bond acceptors (Lipinski definition) is 4. The average Bonchev–Trinajstić information content (AvgIpc) is 2.36. The monoisotopic (exact) mass is 416 g/mol. The third kappa shape index (κ3) is 7.06. The fourth-order valence-corrected chi connectivity index (χ4v) is 2.30. The van der Waals surface area contributed by atoms with Gasteiger partial charge in [-0.05, 0) is 74.1 Å². The minimum absolute atomic E-state index is 0.110. The summed E-state index contributed by atoms with van der Waals surface area (Å²) in [6.07, 6.45) is 1.56. The van der Waals surface area contributed by atoms with Gasteiger partial charge in [0.25, 0.3) is 0 Å². The van der Waals surface area contributed by atoms with Crippen molar-refractivity contribution in [2.24, 2.45) is 0 Å². The molecule has 0 fully saturated rings. The Kier molecular flexibility index (Phi) is 7.06. The largest absolute Gasteiger partial charge is 0.463 e. The van der Waals surface area contributed by atoms with E-state index < -0.39 is 17.5 Å². The highest BCUT2D eigenvalue weighted by Crippen LogP contribution is 2.17. The Morgan fingerprint density at radius 3 is 2.50 bits per heavy atom. The van der Waals surface area contributed by atoms with E-state index in [1.807, 2.05) is 24.3 Å². The van der Waals surface area contributed by atoms with Gasteiger partial charge >= 0.3 is 11.9 Å². The van der Waals surface area contributed by atoms with Gasteiger partial charge in [-0.15, -0.1) is 0 Å². The quantitative estimate of drug-likeness (QED) is 0.414. The van der Waals surface area contributed by atoms with Gasteiger partial charge in [0.1, 0.15) is 5.60 Å². The van der Waals surface area contributed by atoms with Crippen LogP contribution in [0, 0.1) is 3.57 Å². The molecule has 0 radical (unpaired) electrons. The summed E-state index contributed by atoms with van der Waals surface area (Å²) in [5.74, 6) is -0.940. The molecule has 0 aliphatic rings. The topological polar surface area (TPSA) is 52.6 Å². The summed E-state index contributed by atoms with van der Waals surface area (Å²) in [5, 5.41) is 0. The Balaban J connectivity index is 2.98. The molecule has 0 spiro atoms. The molecule has 1 rings (SSSR count). The van der Waals surface area contributed by atoms with Crippen molar-refractivity contribution < 1.29 is 19.1 Å². The zero-order valence-corrected chi connectivity index (χ0v) is 15.5. The van der Waals surface area contributed by atoms with Crippen LogP contribution < -0.4 is 0 Å². The summed E-state index contributed by atoms with van der Waals surface area (Å²) in [6.45, 7) is 7.36. The molecule has 0 heterocycles. The van der Waals surface area contributed by atoms with Crippen LogP contribution in [0.2, 0.25) is 0 Å². The summed E-state index contributed by atoms with van der Waals surface area (Å²) in [7, 11) is 0. The number of halogens is 1. The molecular weight excluding hydrogens is 395 g/mol. The minimum atomic E-state index is -0.584. The SMILES string of the molecule is CCOC(=O)/C(=C/c1cccc(I)c1)CC(=O)OC(C)(C)C. The number of rotatable bonds is 5. The number of carbonyl (C=O) groups is 2. The minimum Gasteiger partial charge on any atom is -0.463 e. The van der Waals surface area contributed by atoms with E-state index in [-0.39, 0.29) is 18.6 Å². The molecule has 0 saturated heterocycles. The molecule has 22 heavy (non-hydrogen) atoms. The molecule has 120 valence electrons. The molecule has 0 saturated carbocycles. The lowest BCUT2D eigenvalue weighted by molar-refractivity contribution is -0.155. The third-order valence-electron chi connectivity index (χ3n) is 2.48. The summed E-state index contributed by atoms with van der Waals surface area (Å²) < 4.78 is 11.3. The molecule has 0 aliphatic heterocycles. The summed E-state index contributed by atoms with van der Waals surface area (Å²) in [5.41, 5.74) is 0.551. The van der Waals surface area contributed by atoms with Crippen molar-refractivity contribution in [3.8, 4) is 0 Å². The van der Waals surface area contributed by atoms with Crippen LogP contribution in [-0.2, 0) is 19.1 Å². The second-order valence-electron chi connectivity index (χ2n) is 5.71. The molecule has 4 nitrogen and oxygen atoms in total. The zero-order valence-electron chi connectivity index (χ0n) is 13.3. The predicted octanol–water partition coefficient (Wildman–Crippen LogP) is 3.97. The lowest BCUT2D eigenvalue weighted by atomic mass is 10.1. The van der Waals surface area contributed by atoms with E-state index in [1.165, 1.54) is 0 Å². The Labute approximate surface area is 145 Å². The molecular formula is C17H21IO4. The van der Waals surface area contributed by atoms with Crippen LogP contribution in [0.25, 0.3) is 6.08 Å². The van der Waals surface area contributed by atoms with Crippen molar-refractivity contribution in [1.29, 1.82) is 0 Å². The molecule has 1 aromatic carbocycles. The van der Waals surface area contributed by atoms with E-state index in [4.69, 9.17) is 9.47 Å². The van der Waals surface area contributed by atoms with Crippen molar-refractivity contribution in [1.82, 2.24) is 0 Å². The molecule has 0 amide bonds. The first-order valence-electron chi connectivity index (χ1n) is 7.06. The molecule has 0 unspecified atom stereocenters. The van der Waals surface area contributed by atoms with Gasteiger partial charge < -0.3 is 9.47 Å². The van der Waals surface area contributed by atoms with Crippen molar-refractivity contribution in [3.63, 3.8) is 0 Å². The van der Waals surface area contributed by atoms with E-state index in [0.29, 0.717) is 0 Å². The highest BCUT2D eigenvalue weighted by molar-refractivity contribution is 14.1. The van der Waals surface area contributed by atoms with Gasteiger partial charge in [0.2, 0.25) is 0 Å². The van der Waals surface area contributed by atoms with Crippen LogP contribution in [0.15, 0.2) is 29.8 Å². The molecule has 0 bridgehead atoms. The Bertz CT molecular complexity index is 570. The molecule has 1 aromatic rings. The molecule has 5 heteroatoms. The fraction of sp³-hybridized carbons (Fsp3) is 0.412. The van der Waals surface area contributed by atoms with Crippen molar-refractivity contribution >= 4 is 40.6 Å². The molecule has 0 aromatic heterocycles. The first kappa shape index (κ1) is 18.7. The third-order valence-corrected chi connectivity index (χ3v) is 3.15. The summed E-state index contributed by atoms with van der Waals surface area (Å²) in [6, 6.07) is 7.64. The van der Waals surface area contributed by atoms with Crippen LogP contribution in [0.5, 0.6) is 0 Å². The van der Waals surface area contributed by atoms with Gasteiger partial charge in [-0.1, -0.05) is 12.1 Å². The van der Waals surface area contributed by atoms with E-state index in [1.54, 1.807) is 33.8 Å². The van der Waals surface area contributed by atoms with E-state index in [2.05, 4.69) is 22.6 Å². The average molecular weight is 416 g/mol. The highest BCUT2D eigenvalue weighted by atomic mass is 127. The number of ether oxygens (including phenoxy) is 2. The Morgan fingerprint density at radius 1 is 1.27 bits per heavy atom. The number of esters is 2. The fourth-order valence-electron chi connectivity index (χ4n) is 1.74. The van der Waals surface area contributed by atoms with Gasteiger partial charge in [-0.25, -0.2) is 4.79 Å². The standard InChI is InChI=1S/C17H21IO4/c1-5-21-16(20)13(11-15(19)22-17(2,3)4)9-12-7-6-8-14(18)10-12/h6-10H,5,11H2,1-4H3/b13-9+. The maximum atomic E-state index is 12.0. The lowest BCUT2D eigenvalue weighted by Gasteiger charge is -2.19. The normalized spacial score (nSPS) is 12.0. The second kappa shape index (κ2) is 8.31. The first-order chi connectivity index (χ1) is 10.2. The summed E-state index contributed by atoms with van der Waals surface area (Å²) in [4.78, 5) is 24.0. The van der Waals surface area contributed by atoms with Gasteiger partial charge in [0.15, 0.2) is 0 Å². The van der Waals surface area contributed by atoms with Gasteiger partial charge in [-0.3, -0.25) is 4.79 Å². The van der Waals surface area contributed by atoms with Crippen LogP contribution in [0.1, 0.15) is 39.7 Å². The highest BCUT2D eigenvalue weighted by Gasteiger charge is 2.21. The Morgan fingerprint density at radius 2 is 1.95 bits per heavy atom. The van der Waals surface area contributed by atoms with Crippen molar-refractivity contribution in [2.75, 3.05) is 6.61 Å². The van der Waals surface area contributed by atoms with Crippen LogP contribution in [0.3, 0.4) is 0 Å². The van der Waals surface area contributed by atoms with Crippen LogP contribution in [0.4, 0.5) is 0 Å². The van der Waals surface area contributed by atoms with E-state index >= 15 is 0 Å². The van der Waals surface area contributed by atoms with Crippen LogP contribution in [-0.4, -0.2) is 24.1 Å². The van der Waals surface area contributed by atoms with Gasteiger partial charge in [-0.2, -0.15) is 0 Å². The number of hydrogen-bond donors (Lipinski definition) is 0. The second-order valence-corrected chi connectivity index (χ2v) is 6.95. The Hall–Kier alpha value is -1.37. The first-order valence-corrected chi connectivity index (χ1v) is 8.14. The molecule has 0 N–H and O–H groups in total. The predicted molar refractivity (Wildman–Crippen MR) is 94.2 cm³/mol. The van der Waals surface area contributed by atoms with Gasteiger partial charge in [0.05, 0.1) is 13.0 Å². The number of carbonyl (C=O) groups excluding carboxylic acids is 2. The van der Waals surface area contributed by atoms with Crippen LogP contribution >= 0.6 is 22.6 Å². The van der Waals surface area contributed by atoms with Gasteiger partial charge in [0, 0.05) is 9.14 Å². The smallest absolute Gasteiger partial charge is 0.334 e. The lowest BCUT2D eigenvalue weighted by Crippen LogP contribution is -2.25. The number of benzene rings is 1. The molecule has 0 aliphatic carbocycles. The van der Waals surface area contributed by atoms with Crippen molar-refractivity contribution in [2.45, 2.75) is 39.7 Å². The molecule has 0 atom stereocenters. The van der Waals surface area contributed by atoms with E-state index in [9.17, 15) is 9.59 Å². The summed E-state index contributed by atoms with van der Waals surface area (Å²) >= 11 is 2.19. The maximum Gasteiger partial charge on any atom is 0.334 e. The van der Waals surface area contributed by atoms with Crippen molar-refractivity contribution in [3.05, 3.63) is 39.0 Å². The maximum absolute atomic E-state index is 12.0. The zero-order chi connectivity index (χ0) is 16.8. The van der Waals surface area contributed by atoms with E-state index in [0.717, 1.165) is 9.13 Å².